The van der Waals surface area contributed by atoms with Gasteiger partial charge in [-0.05, 0) is 18.7 Å². The topological polar surface area (TPSA) is 40.5 Å². The molecular formula is C14H21NO2. The maximum atomic E-state index is 11.4. The van der Waals surface area contributed by atoms with Crippen LogP contribution in [0, 0.1) is 0 Å². The van der Waals surface area contributed by atoms with Crippen molar-refractivity contribution in [1.82, 2.24) is 4.90 Å². The second-order valence-electron chi connectivity index (χ2n) is 4.20. The van der Waals surface area contributed by atoms with E-state index in [0.717, 1.165) is 18.7 Å². The van der Waals surface area contributed by atoms with Crippen LogP contribution in [0.2, 0.25) is 0 Å². The van der Waals surface area contributed by atoms with E-state index in [-0.39, 0.29) is 5.92 Å². The van der Waals surface area contributed by atoms with Crippen molar-refractivity contribution in [3.05, 3.63) is 35.9 Å². The molecule has 2 atom stereocenters. The summed E-state index contributed by atoms with van der Waals surface area (Å²) in [6, 6.07) is 9.38. The van der Waals surface area contributed by atoms with Gasteiger partial charge in [0.2, 0.25) is 0 Å². The molecule has 0 fully saturated rings. The average molecular weight is 235 g/mol. The van der Waals surface area contributed by atoms with Crippen LogP contribution in [-0.2, 0) is 4.79 Å². The fourth-order valence-corrected chi connectivity index (χ4v) is 2.24. The number of likely N-dealkylation sites (N-methyl/N-ethyl adjacent to an activating group) is 1. The van der Waals surface area contributed by atoms with E-state index in [1.807, 2.05) is 56.0 Å². The van der Waals surface area contributed by atoms with Gasteiger partial charge < -0.3 is 5.11 Å². The highest BCUT2D eigenvalue weighted by Gasteiger charge is 2.30. The van der Waals surface area contributed by atoms with Crippen molar-refractivity contribution in [1.29, 1.82) is 0 Å². The van der Waals surface area contributed by atoms with E-state index >= 15 is 0 Å². The molecule has 3 nitrogen and oxygen atoms in total. The van der Waals surface area contributed by atoms with Crippen LogP contribution >= 0.6 is 0 Å². The van der Waals surface area contributed by atoms with E-state index < -0.39 is 12.0 Å². The highest BCUT2D eigenvalue weighted by Crippen LogP contribution is 2.23. The van der Waals surface area contributed by atoms with E-state index in [9.17, 15) is 9.90 Å². The number of carboxylic acids is 1. The summed E-state index contributed by atoms with van der Waals surface area (Å²) in [5, 5.41) is 9.40. The first-order valence-corrected chi connectivity index (χ1v) is 6.13. The molecule has 0 saturated carbocycles. The summed E-state index contributed by atoms with van der Waals surface area (Å²) >= 11 is 0. The van der Waals surface area contributed by atoms with Crippen LogP contribution < -0.4 is 0 Å². The van der Waals surface area contributed by atoms with Crippen molar-refractivity contribution >= 4 is 5.97 Å². The first-order valence-electron chi connectivity index (χ1n) is 6.13. The third-order valence-corrected chi connectivity index (χ3v) is 3.26. The van der Waals surface area contributed by atoms with Gasteiger partial charge in [0.15, 0.2) is 0 Å². The van der Waals surface area contributed by atoms with Gasteiger partial charge in [-0.15, -0.1) is 0 Å². The third-order valence-electron chi connectivity index (χ3n) is 3.26. The molecule has 0 aliphatic rings. The maximum absolute atomic E-state index is 11.4. The Bertz CT molecular complexity index is 346. The minimum absolute atomic E-state index is 0.00593. The summed E-state index contributed by atoms with van der Waals surface area (Å²) in [6.45, 7) is 7.48. The van der Waals surface area contributed by atoms with E-state index in [1.165, 1.54) is 0 Å². The van der Waals surface area contributed by atoms with Gasteiger partial charge in [-0.1, -0.05) is 51.1 Å². The number of carboxylic acid groups (broad SMARTS) is 1. The Morgan fingerprint density at radius 3 is 2.18 bits per heavy atom. The largest absolute Gasteiger partial charge is 0.480 e. The molecule has 0 aromatic heterocycles. The Labute approximate surface area is 103 Å². The minimum Gasteiger partial charge on any atom is -0.480 e. The van der Waals surface area contributed by atoms with Gasteiger partial charge in [0.25, 0.3) is 0 Å². The Hall–Kier alpha value is -1.35. The summed E-state index contributed by atoms with van der Waals surface area (Å²) in [5.74, 6) is -0.751. The first kappa shape index (κ1) is 13.7. The molecule has 0 bridgehead atoms. The second-order valence-corrected chi connectivity index (χ2v) is 4.20. The molecule has 3 heteroatoms. The van der Waals surface area contributed by atoms with E-state index in [0.29, 0.717) is 0 Å². The number of hydrogen-bond acceptors (Lipinski definition) is 2. The maximum Gasteiger partial charge on any atom is 0.321 e. The van der Waals surface area contributed by atoms with E-state index in [1.54, 1.807) is 0 Å². The van der Waals surface area contributed by atoms with Crippen molar-refractivity contribution in [3.63, 3.8) is 0 Å². The van der Waals surface area contributed by atoms with Gasteiger partial charge in [0, 0.05) is 5.92 Å². The smallest absolute Gasteiger partial charge is 0.321 e. The zero-order valence-electron chi connectivity index (χ0n) is 10.8. The lowest BCUT2D eigenvalue weighted by molar-refractivity contribution is -0.144. The number of nitrogens with zero attached hydrogens (tertiary/aromatic N) is 1. The molecule has 0 aliphatic heterocycles. The molecular weight excluding hydrogens is 214 g/mol. The van der Waals surface area contributed by atoms with Crippen LogP contribution in [0.3, 0.4) is 0 Å². The summed E-state index contributed by atoms with van der Waals surface area (Å²) in [7, 11) is 0. The summed E-state index contributed by atoms with van der Waals surface area (Å²) in [4.78, 5) is 13.4. The van der Waals surface area contributed by atoms with Gasteiger partial charge in [0.05, 0.1) is 0 Å². The van der Waals surface area contributed by atoms with Crippen LogP contribution in [0.5, 0.6) is 0 Å². The molecule has 0 saturated heterocycles. The van der Waals surface area contributed by atoms with Crippen molar-refractivity contribution in [2.24, 2.45) is 0 Å². The molecule has 1 aromatic rings. The zero-order valence-corrected chi connectivity index (χ0v) is 10.8. The van der Waals surface area contributed by atoms with Crippen LogP contribution in [-0.4, -0.2) is 35.1 Å². The van der Waals surface area contributed by atoms with E-state index in [2.05, 4.69) is 0 Å². The van der Waals surface area contributed by atoms with Crippen molar-refractivity contribution in [3.8, 4) is 0 Å². The molecule has 1 aromatic carbocycles. The first-order chi connectivity index (χ1) is 8.11. The predicted octanol–water partition coefficient (Wildman–Crippen LogP) is 2.59. The lowest BCUT2D eigenvalue weighted by Crippen LogP contribution is -2.44. The van der Waals surface area contributed by atoms with Crippen LogP contribution in [0.4, 0.5) is 0 Å². The van der Waals surface area contributed by atoms with Crippen molar-refractivity contribution < 1.29 is 9.90 Å². The van der Waals surface area contributed by atoms with E-state index in [4.69, 9.17) is 0 Å². The normalized spacial score (nSPS) is 14.6. The molecule has 0 heterocycles. The average Bonchev–Trinajstić information content (AvgIpc) is 2.35. The molecule has 94 valence electrons. The summed E-state index contributed by atoms with van der Waals surface area (Å²) < 4.78 is 0. The highest BCUT2D eigenvalue weighted by molar-refractivity contribution is 5.75. The SMILES string of the molecule is CCN(CC)C(C(=O)O)C(C)c1ccccc1. The van der Waals surface area contributed by atoms with Gasteiger partial charge in [-0.2, -0.15) is 0 Å². The summed E-state index contributed by atoms with van der Waals surface area (Å²) in [5.41, 5.74) is 1.08. The molecule has 0 aliphatic carbocycles. The van der Waals surface area contributed by atoms with Crippen LogP contribution in [0.25, 0.3) is 0 Å². The van der Waals surface area contributed by atoms with Crippen LogP contribution in [0.1, 0.15) is 32.3 Å². The minimum atomic E-state index is -0.745. The van der Waals surface area contributed by atoms with Crippen molar-refractivity contribution in [2.45, 2.75) is 32.7 Å². The number of benzene rings is 1. The Kier molecular flexibility index (Phi) is 5.16. The zero-order chi connectivity index (χ0) is 12.8. The van der Waals surface area contributed by atoms with Gasteiger partial charge in [-0.25, -0.2) is 0 Å². The monoisotopic (exact) mass is 235 g/mol. The molecule has 1 rings (SSSR count). The number of carbonyl (C=O) groups is 1. The molecule has 17 heavy (non-hydrogen) atoms. The molecule has 2 unspecified atom stereocenters. The fourth-order valence-electron chi connectivity index (χ4n) is 2.24. The quantitative estimate of drug-likeness (QED) is 0.824. The standard InChI is InChI=1S/C14H21NO2/c1-4-15(5-2)13(14(16)17)11(3)12-9-7-6-8-10-12/h6-11,13H,4-5H2,1-3H3,(H,16,17). The lowest BCUT2D eigenvalue weighted by atomic mass is 9.92. The van der Waals surface area contributed by atoms with Gasteiger partial charge >= 0.3 is 5.97 Å². The Morgan fingerprint density at radius 1 is 1.24 bits per heavy atom. The van der Waals surface area contributed by atoms with Gasteiger partial charge in [-0.3, -0.25) is 9.69 Å². The second kappa shape index (κ2) is 6.40. The molecule has 0 spiro atoms. The predicted molar refractivity (Wildman–Crippen MR) is 69.2 cm³/mol. The van der Waals surface area contributed by atoms with Crippen LogP contribution in [0.15, 0.2) is 30.3 Å². The van der Waals surface area contributed by atoms with Crippen molar-refractivity contribution in [2.75, 3.05) is 13.1 Å². The Morgan fingerprint density at radius 2 is 1.76 bits per heavy atom. The number of aliphatic carboxylic acids is 1. The lowest BCUT2D eigenvalue weighted by Gasteiger charge is -2.31. The third kappa shape index (κ3) is 3.30. The molecule has 0 radical (unpaired) electrons. The fraction of sp³-hybridized carbons (Fsp3) is 0.500. The number of rotatable bonds is 6. The van der Waals surface area contributed by atoms with Gasteiger partial charge in [0.1, 0.15) is 6.04 Å². The summed E-state index contributed by atoms with van der Waals surface area (Å²) in [6.07, 6.45) is 0. The molecule has 1 N–H and O–H groups in total. The number of hydrogen-bond donors (Lipinski definition) is 1. The Balaban J connectivity index is 2.95. The molecule has 0 amide bonds. The highest BCUT2D eigenvalue weighted by atomic mass is 16.4.